The third-order valence-corrected chi connectivity index (χ3v) is 3.63. The van der Waals surface area contributed by atoms with E-state index in [4.69, 9.17) is 11.6 Å². The van der Waals surface area contributed by atoms with E-state index in [0.29, 0.717) is 34.4 Å². The lowest BCUT2D eigenvalue weighted by Crippen LogP contribution is -2.26. The van der Waals surface area contributed by atoms with Crippen molar-refractivity contribution < 1.29 is 9.90 Å². The molecule has 94 valence electrons. The Morgan fingerprint density at radius 3 is 2.88 bits per heavy atom. The molecule has 0 aliphatic carbocycles. The summed E-state index contributed by atoms with van der Waals surface area (Å²) in [5, 5.41) is 12.7. The van der Waals surface area contributed by atoms with Crippen molar-refractivity contribution in [2.24, 2.45) is 0 Å². The van der Waals surface area contributed by atoms with Gasteiger partial charge in [-0.05, 0) is 47.0 Å². The number of aliphatic hydroxyl groups is 1. The first-order chi connectivity index (χ1) is 8.04. The minimum Gasteiger partial charge on any atom is -0.393 e. The number of hydrogen-bond acceptors (Lipinski definition) is 2. The van der Waals surface area contributed by atoms with E-state index in [2.05, 4.69) is 21.2 Å². The average molecular weight is 321 g/mol. The Balaban J connectivity index is 2.50. The van der Waals surface area contributed by atoms with Crippen LogP contribution in [0.5, 0.6) is 0 Å². The maximum Gasteiger partial charge on any atom is 0.251 e. The zero-order valence-corrected chi connectivity index (χ0v) is 11.9. The molecule has 0 spiro atoms. The van der Waals surface area contributed by atoms with E-state index in [0.717, 1.165) is 0 Å². The van der Waals surface area contributed by atoms with Gasteiger partial charge in [-0.15, -0.1) is 0 Å². The van der Waals surface area contributed by atoms with Gasteiger partial charge in [0.2, 0.25) is 0 Å². The van der Waals surface area contributed by atoms with E-state index >= 15 is 0 Å². The van der Waals surface area contributed by atoms with Crippen molar-refractivity contribution in [3.8, 4) is 0 Å². The van der Waals surface area contributed by atoms with Gasteiger partial charge in [-0.2, -0.15) is 0 Å². The molecule has 0 aromatic heterocycles. The summed E-state index contributed by atoms with van der Waals surface area (Å²) in [6.07, 6.45) is 0.909. The van der Waals surface area contributed by atoms with Crippen molar-refractivity contribution in [2.45, 2.75) is 25.9 Å². The van der Waals surface area contributed by atoms with E-state index in [-0.39, 0.29) is 12.0 Å². The summed E-state index contributed by atoms with van der Waals surface area (Å²) >= 11 is 9.10. The summed E-state index contributed by atoms with van der Waals surface area (Å²) in [6, 6.07) is 5.01. The quantitative estimate of drug-likeness (QED) is 0.876. The van der Waals surface area contributed by atoms with E-state index in [9.17, 15) is 9.90 Å². The minimum atomic E-state index is -0.354. The van der Waals surface area contributed by atoms with Gasteiger partial charge in [0, 0.05) is 16.6 Å². The Hall–Kier alpha value is -0.580. The number of carbonyl (C=O) groups excluding carboxylic acids is 1. The fraction of sp³-hybridized carbons (Fsp3) is 0.417. The maximum atomic E-state index is 11.7. The molecule has 2 N–H and O–H groups in total. The second kappa shape index (κ2) is 6.99. The molecule has 1 rings (SSSR count). The highest BCUT2D eigenvalue weighted by Gasteiger charge is 2.08. The van der Waals surface area contributed by atoms with Crippen molar-refractivity contribution in [3.63, 3.8) is 0 Å². The van der Waals surface area contributed by atoms with Crippen molar-refractivity contribution in [2.75, 3.05) is 6.54 Å². The van der Waals surface area contributed by atoms with Gasteiger partial charge in [0.25, 0.3) is 5.91 Å². The molecule has 0 bridgehead atoms. The van der Waals surface area contributed by atoms with E-state index < -0.39 is 0 Å². The summed E-state index contributed by atoms with van der Waals surface area (Å²) in [5.41, 5.74) is 0.548. The largest absolute Gasteiger partial charge is 0.393 e. The van der Waals surface area contributed by atoms with Crippen molar-refractivity contribution in [3.05, 3.63) is 33.3 Å². The zero-order valence-electron chi connectivity index (χ0n) is 9.54. The van der Waals surface area contributed by atoms with Gasteiger partial charge in [0.05, 0.1) is 11.1 Å². The molecule has 0 radical (unpaired) electrons. The summed E-state index contributed by atoms with van der Waals surface area (Å²) in [7, 11) is 0. The predicted molar refractivity (Wildman–Crippen MR) is 72.4 cm³/mol. The number of aliphatic hydroxyl groups excluding tert-OH is 1. The summed E-state index contributed by atoms with van der Waals surface area (Å²) in [6.45, 7) is 2.37. The number of halogens is 2. The number of carbonyl (C=O) groups is 1. The van der Waals surface area contributed by atoms with Gasteiger partial charge in [0.1, 0.15) is 0 Å². The smallest absolute Gasteiger partial charge is 0.251 e. The first-order valence-electron chi connectivity index (χ1n) is 5.46. The minimum absolute atomic E-state index is 0.161. The predicted octanol–water partition coefficient (Wildman–Crippen LogP) is 2.99. The Morgan fingerprint density at radius 2 is 2.29 bits per heavy atom. The first-order valence-corrected chi connectivity index (χ1v) is 6.63. The highest BCUT2D eigenvalue weighted by Crippen LogP contribution is 2.23. The van der Waals surface area contributed by atoms with Gasteiger partial charge in [-0.1, -0.05) is 18.5 Å². The van der Waals surface area contributed by atoms with Crippen LogP contribution in [0.1, 0.15) is 30.1 Å². The molecule has 0 aliphatic rings. The van der Waals surface area contributed by atoms with Crippen LogP contribution < -0.4 is 5.32 Å². The van der Waals surface area contributed by atoms with Crippen LogP contribution in [0.4, 0.5) is 0 Å². The van der Waals surface area contributed by atoms with Gasteiger partial charge < -0.3 is 10.4 Å². The number of benzene rings is 1. The highest BCUT2D eigenvalue weighted by atomic mass is 79.9. The van der Waals surface area contributed by atoms with Crippen LogP contribution in [0.25, 0.3) is 0 Å². The van der Waals surface area contributed by atoms with Crippen LogP contribution in [-0.4, -0.2) is 23.7 Å². The number of hydrogen-bond donors (Lipinski definition) is 2. The van der Waals surface area contributed by atoms with Crippen LogP contribution in [0, 0.1) is 0 Å². The molecule has 0 saturated carbocycles. The Morgan fingerprint density at radius 1 is 1.59 bits per heavy atom. The monoisotopic (exact) mass is 319 g/mol. The fourth-order valence-electron chi connectivity index (χ4n) is 1.30. The van der Waals surface area contributed by atoms with Crippen LogP contribution in [-0.2, 0) is 0 Å². The van der Waals surface area contributed by atoms with Crippen molar-refractivity contribution in [1.29, 1.82) is 0 Å². The average Bonchev–Trinajstić information content (AvgIpc) is 2.32. The summed E-state index contributed by atoms with van der Waals surface area (Å²) in [5.74, 6) is -0.161. The first kappa shape index (κ1) is 14.5. The van der Waals surface area contributed by atoms with Crippen LogP contribution in [0.15, 0.2) is 22.7 Å². The molecule has 0 heterocycles. The molecular weight excluding hydrogens is 305 g/mol. The van der Waals surface area contributed by atoms with Crippen LogP contribution in [0.3, 0.4) is 0 Å². The van der Waals surface area contributed by atoms with Crippen LogP contribution >= 0.6 is 27.5 Å². The molecule has 0 fully saturated rings. The number of amides is 1. The van der Waals surface area contributed by atoms with Crippen molar-refractivity contribution in [1.82, 2.24) is 5.32 Å². The fourth-order valence-corrected chi connectivity index (χ4v) is 1.79. The Labute approximate surface area is 114 Å². The normalized spacial score (nSPS) is 12.2. The second-order valence-corrected chi connectivity index (χ2v) is 5.00. The molecule has 1 atom stereocenters. The third kappa shape index (κ3) is 4.66. The molecule has 3 nitrogen and oxygen atoms in total. The molecule has 17 heavy (non-hydrogen) atoms. The molecule has 1 unspecified atom stereocenters. The maximum absolute atomic E-state index is 11.7. The lowest BCUT2D eigenvalue weighted by molar-refractivity contribution is 0.0942. The second-order valence-electron chi connectivity index (χ2n) is 3.74. The van der Waals surface area contributed by atoms with Crippen LogP contribution in [0.2, 0.25) is 5.02 Å². The summed E-state index contributed by atoms with van der Waals surface area (Å²) < 4.78 is 0.695. The lowest BCUT2D eigenvalue weighted by Gasteiger charge is -2.09. The topological polar surface area (TPSA) is 49.3 Å². The number of nitrogens with one attached hydrogen (secondary N) is 1. The van der Waals surface area contributed by atoms with E-state index in [1.54, 1.807) is 18.2 Å². The van der Waals surface area contributed by atoms with Gasteiger partial charge in [0.15, 0.2) is 0 Å². The number of rotatable bonds is 5. The van der Waals surface area contributed by atoms with Gasteiger partial charge in [-0.25, -0.2) is 0 Å². The molecule has 1 aromatic rings. The molecule has 0 aliphatic heterocycles. The third-order valence-electron chi connectivity index (χ3n) is 2.42. The Bertz CT molecular complexity index is 398. The van der Waals surface area contributed by atoms with Gasteiger partial charge >= 0.3 is 0 Å². The molecule has 1 amide bonds. The standard InChI is InChI=1S/C12H15BrClNO2/c1-2-9(16)5-6-15-12(17)8-3-4-11(14)10(13)7-8/h3-4,7,9,16H,2,5-6H2,1H3,(H,15,17). The van der Waals surface area contributed by atoms with Crippen molar-refractivity contribution >= 4 is 33.4 Å². The molecule has 1 aromatic carbocycles. The molecule has 0 saturated heterocycles. The van der Waals surface area contributed by atoms with Gasteiger partial charge in [-0.3, -0.25) is 4.79 Å². The highest BCUT2D eigenvalue weighted by molar-refractivity contribution is 9.10. The Kier molecular flexibility index (Phi) is 5.95. The summed E-state index contributed by atoms with van der Waals surface area (Å²) in [4.78, 5) is 11.7. The van der Waals surface area contributed by atoms with E-state index in [1.165, 1.54) is 0 Å². The molecular formula is C12H15BrClNO2. The molecule has 5 heteroatoms. The van der Waals surface area contributed by atoms with E-state index in [1.807, 2.05) is 6.92 Å². The zero-order chi connectivity index (χ0) is 12.8. The lowest BCUT2D eigenvalue weighted by atomic mass is 10.2. The SMILES string of the molecule is CCC(O)CCNC(=O)c1ccc(Cl)c(Br)c1.